The van der Waals surface area contributed by atoms with Gasteiger partial charge in [-0.15, -0.1) is 48.1 Å². The molecule has 0 saturated heterocycles. The van der Waals surface area contributed by atoms with E-state index >= 15 is 0 Å². The predicted molar refractivity (Wildman–Crippen MR) is 260 cm³/mol. The molecule has 0 spiro atoms. The van der Waals surface area contributed by atoms with E-state index in [1.165, 1.54) is 38.9 Å². The van der Waals surface area contributed by atoms with E-state index in [9.17, 15) is 0 Å². The quantitative estimate of drug-likeness (QED) is 0.155. The summed E-state index contributed by atoms with van der Waals surface area (Å²) in [5.41, 5.74) is 16.4. The molecule has 0 radical (unpaired) electrons. The van der Waals surface area contributed by atoms with E-state index in [-0.39, 0.29) is 37.3 Å². The van der Waals surface area contributed by atoms with E-state index in [1.807, 2.05) is 24.4 Å². The second kappa shape index (κ2) is 16.2. The van der Waals surface area contributed by atoms with Gasteiger partial charge < -0.3 is 19.1 Å². The second-order valence-electron chi connectivity index (χ2n) is 20.1. The zero-order chi connectivity index (χ0) is 43.9. The fourth-order valence-electron chi connectivity index (χ4n) is 8.80. The molecular weight excluding hydrogens is 952 g/mol. The van der Waals surface area contributed by atoms with Gasteiger partial charge in [0.05, 0.1) is 0 Å². The summed E-state index contributed by atoms with van der Waals surface area (Å²) in [7, 11) is 0. The van der Waals surface area contributed by atoms with Crippen LogP contribution in [0.4, 0.5) is 22.7 Å². The molecule has 8 aromatic rings. The van der Waals surface area contributed by atoms with Crippen LogP contribution in [0.1, 0.15) is 95.7 Å². The maximum atomic E-state index is 6.64. The third kappa shape index (κ3) is 8.22. The molecule has 0 atom stereocenters. The van der Waals surface area contributed by atoms with Gasteiger partial charge >= 0.3 is 0 Å². The minimum atomic E-state index is 0. The Bertz CT molecular complexity index is 2970. The number of anilines is 4. The maximum Gasteiger partial charge on any atom is 0.135 e. The van der Waals surface area contributed by atoms with E-state index in [0.29, 0.717) is 11.5 Å². The van der Waals surface area contributed by atoms with Crippen LogP contribution < -0.4 is 14.5 Å². The molecule has 1 aliphatic heterocycles. The average molecular weight is 1010 g/mol. The molecule has 5 nitrogen and oxygen atoms in total. The molecular formula is C57H57N4OPt-3. The summed E-state index contributed by atoms with van der Waals surface area (Å²) in [5.74, 6) is 2.06. The molecule has 324 valence electrons. The summed E-state index contributed by atoms with van der Waals surface area (Å²) >= 11 is 0. The number of para-hydroxylation sites is 3. The van der Waals surface area contributed by atoms with Crippen molar-refractivity contribution < 1.29 is 25.8 Å². The fraction of sp³-hybridized carbons (Fsp3) is 0.263. The van der Waals surface area contributed by atoms with Crippen LogP contribution in [-0.4, -0.2) is 9.55 Å². The van der Waals surface area contributed by atoms with Crippen molar-refractivity contribution in [3.05, 3.63) is 174 Å². The van der Waals surface area contributed by atoms with E-state index < -0.39 is 0 Å². The van der Waals surface area contributed by atoms with E-state index in [1.54, 1.807) is 0 Å². The number of fused-ring (bicyclic) bond motifs is 4. The van der Waals surface area contributed by atoms with Crippen LogP contribution in [0.2, 0.25) is 0 Å². The van der Waals surface area contributed by atoms with Gasteiger partial charge in [-0.05, 0) is 118 Å². The Morgan fingerprint density at radius 1 is 0.556 bits per heavy atom. The molecule has 9 rings (SSSR count). The van der Waals surface area contributed by atoms with Gasteiger partial charge in [-0.3, -0.25) is 0 Å². The van der Waals surface area contributed by atoms with Crippen molar-refractivity contribution in [3.63, 3.8) is 0 Å². The number of rotatable bonds is 6. The van der Waals surface area contributed by atoms with Gasteiger partial charge in [0.1, 0.15) is 5.82 Å². The zero-order valence-corrected chi connectivity index (χ0v) is 40.9. The van der Waals surface area contributed by atoms with Crippen molar-refractivity contribution in [1.29, 1.82) is 0 Å². The number of benzene rings is 6. The topological polar surface area (TPSA) is 33.5 Å². The average Bonchev–Trinajstić information content (AvgIpc) is 3.76. The molecule has 3 heterocycles. The predicted octanol–water partition coefficient (Wildman–Crippen LogP) is 15.5. The van der Waals surface area contributed by atoms with Gasteiger partial charge in [0.25, 0.3) is 0 Å². The SMILES string of the molecule is Cc1cc(-n2c3[c-]c(Oc4[c-]c(N5[CH-]N(c6cc(C(C)(C)C)cc(C(C)(C)C)c6)c6ccccc65)ccc4)ccc3c3ccccc32)ncc1-c1c(C)cc(C(C)(C)C)cc1C.[Pt]. The van der Waals surface area contributed by atoms with Crippen LogP contribution in [0.25, 0.3) is 38.8 Å². The number of pyridine rings is 1. The Morgan fingerprint density at radius 3 is 1.78 bits per heavy atom. The zero-order valence-electron chi connectivity index (χ0n) is 38.6. The monoisotopic (exact) mass is 1010 g/mol. The Hall–Kier alpha value is -5.64. The summed E-state index contributed by atoms with van der Waals surface area (Å²) < 4.78 is 8.85. The largest absolute Gasteiger partial charge is 0.509 e. The summed E-state index contributed by atoms with van der Waals surface area (Å²) in [6.45, 7) is 29.3. The van der Waals surface area contributed by atoms with Crippen molar-refractivity contribution >= 4 is 44.6 Å². The first-order valence-electron chi connectivity index (χ1n) is 21.8. The van der Waals surface area contributed by atoms with E-state index in [0.717, 1.165) is 55.9 Å². The first kappa shape index (κ1) is 44.0. The number of hydrogen-bond donors (Lipinski definition) is 0. The van der Waals surface area contributed by atoms with Crippen molar-refractivity contribution in [3.8, 4) is 28.4 Å². The van der Waals surface area contributed by atoms with E-state index in [2.05, 4.69) is 213 Å². The Balaban J connectivity index is 0.00000544. The summed E-state index contributed by atoms with van der Waals surface area (Å²) in [6.07, 6.45) is 2.04. The number of aryl methyl sites for hydroxylation is 3. The third-order valence-corrected chi connectivity index (χ3v) is 12.3. The van der Waals surface area contributed by atoms with Gasteiger partial charge in [0.15, 0.2) is 0 Å². The van der Waals surface area contributed by atoms with Gasteiger partial charge in [-0.25, -0.2) is 4.98 Å². The van der Waals surface area contributed by atoms with Crippen molar-refractivity contribution in [2.24, 2.45) is 0 Å². The van der Waals surface area contributed by atoms with Crippen molar-refractivity contribution in [2.45, 2.75) is 99.3 Å². The smallest absolute Gasteiger partial charge is 0.135 e. The second-order valence-corrected chi connectivity index (χ2v) is 20.1. The van der Waals surface area contributed by atoms with Crippen LogP contribution in [0.15, 0.2) is 121 Å². The number of ether oxygens (including phenoxy) is 1. The Morgan fingerprint density at radius 2 is 1.14 bits per heavy atom. The molecule has 63 heavy (non-hydrogen) atoms. The minimum absolute atomic E-state index is 0. The normalized spacial score (nSPS) is 13.1. The van der Waals surface area contributed by atoms with Crippen LogP contribution in [-0.2, 0) is 37.3 Å². The first-order chi connectivity index (χ1) is 29.3. The molecule has 0 aliphatic carbocycles. The maximum absolute atomic E-state index is 6.64. The van der Waals surface area contributed by atoms with Crippen LogP contribution in [0.5, 0.6) is 11.5 Å². The molecule has 0 bridgehead atoms. The molecule has 6 aromatic carbocycles. The van der Waals surface area contributed by atoms with Crippen LogP contribution >= 0.6 is 0 Å². The van der Waals surface area contributed by atoms with Crippen molar-refractivity contribution in [1.82, 2.24) is 9.55 Å². The molecule has 0 amide bonds. The minimum Gasteiger partial charge on any atom is -0.509 e. The van der Waals surface area contributed by atoms with Gasteiger partial charge in [0.2, 0.25) is 0 Å². The number of nitrogens with zero attached hydrogens (tertiary/aromatic N) is 4. The molecule has 6 heteroatoms. The summed E-state index contributed by atoms with van der Waals surface area (Å²) in [4.78, 5) is 9.65. The fourth-order valence-corrected chi connectivity index (χ4v) is 8.80. The van der Waals surface area contributed by atoms with Gasteiger partial charge in [0, 0.05) is 66.9 Å². The molecule has 0 fully saturated rings. The molecule has 0 saturated carbocycles. The Kier molecular flexibility index (Phi) is 11.3. The van der Waals surface area contributed by atoms with Crippen LogP contribution in [0, 0.1) is 39.6 Å². The van der Waals surface area contributed by atoms with Crippen LogP contribution in [0.3, 0.4) is 0 Å². The van der Waals surface area contributed by atoms with E-state index in [4.69, 9.17) is 9.72 Å². The third-order valence-electron chi connectivity index (χ3n) is 12.3. The molecule has 0 unspecified atom stereocenters. The standard InChI is InChI=1S/C57H57N4O.Pt/c1-36-28-53(58-34-48(36)54-37(2)26-39(27-38(54)3)55(4,5)6)61-49-21-14-13-20-46(49)47-25-24-45(33-52(47)61)62-44-19-17-18-42(32-44)59-35-60(51-23-16-15-22-50(51)59)43-30-40(56(7,8)9)29-41(31-43)57(10,11)12;/h13-31,34-35H,1-12H3;/q-3;. The Labute approximate surface area is 389 Å². The summed E-state index contributed by atoms with van der Waals surface area (Å²) in [6, 6.07) is 48.4. The summed E-state index contributed by atoms with van der Waals surface area (Å²) in [5, 5.41) is 2.23. The van der Waals surface area contributed by atoms with Gasteiger partial charge in [-0.1, -0.05) is 116 Å². The number of hydrogen-bond acceptors (Lipinski definition) is 4. The number of aromatic nitrogens is 2. The van der Waals surface area contributed by atoms with Crippen molar-refractivity contribution in [2.75, 3.05) is 9.80 Å². The molecule has 1 aliphatic rings. The molecule has 0 N–H and O–H groups in total. The first-order valence-corrected chi connectivity index (χ1v) is 21.8. The molecule has 2 aromatic heterocycles. The van der Waals surface area contributed by atoms with Gasteiger partial charge in [-0.2, -0.15) is 12.1 Å².